The van der Waals surface area contributed by atoms with E-state index in [9.17, 15) is 15.3 Å². The molecule has 3 nitrogen and oxygen atoms in total. The standard InChI is InChI=1S/C18H24O3/c1-2-13-10-15(17(12-20)16(13)11-19)8-9-18(21)14-6-4-3-5-7-14/h2-9,13,15-21H,1,10-12H2/b9-8-/t13-,15+,16+,17-,18-/m1/s1. The lowest BCUT2D eigenvalue weighted by atomic mass is 9.88. The zero-order chi connectivity index (χ0) is 15.2. The van der Waals surface area contributed by atoms with Crippen LogP contribution in [0.2, 0.25) is 0 Å². The number of allylic oxidation sites excluding steroid dienone is 2. The summed E-state index contributed by atoms with van der Waals surface area (Å²) in [7, 11) is 0. The summed E-state index contributed by atoms with van der Waals surface area (Å²) in [5.74, 6) is 0.456. The summed E-state index contributed by atoms with van der Waals surface area (Å²) in [5, 5.41) is 29.3. The molecule has 0 amide bonds. The van der Waals surface area contributed by atoms with Crippen LogP contribution in [0.25, 0.3) is 0 Å². The molecule has 0 aromatic heterocycles. The van der Waals surface area contributed by atoms with E-state index in [1.807, 2.05) is 42.5 Å². The normalized spacial score (nSPS) is 30.6. The van der Waals surface area contributed by atoms with E-state index in [-0.39, 0.29) is 36.9 Å². The molecule has 0 heterocycles. The van der Waals surface area contributed by atoms with Gasteiger partial charge >= 0.3 is 0 Å². The minimum absolute atomic E-state index is 0.0252. The molecule has 21 heavy (non-hydrogen) atoms. The summed E-state index contributed by atoms with van der Waals surface area (Å²) in [6.45, 7) is 3.93. The van der Waals surface area contributed by atoms with Crippen molar-refractivity contribution in [2.24, 2.45) is 23.7 Å². The van der Waals surface area contributed by atoms with E-state index < -0.39 is 6.10 Å². The Hall–Kier alpha value is -1.42. The van der Waals surface area contributed by atoms with E-state index in [1.165, 1.54) is 0 Å². The van der Waals surface area contributed by atoms with Crippen LogP contribution in [0.5, 0.6) is 0 Å². The molecule has 3 N–H and O–H groups in total. The Balaban J connectivity index is 2.07. The monoisotopic (exact) mass is 288 g/mol. The molecule has 1 saturated carbocycles. The summed E-state index contributed by atoms with van der Waals surface area (Å²) in [4.78, 5) is 0. The third-order valence-corrected chi connectivity index (χ3v) is 4.60. The molecule has 0 unspecified atom stereocenters. The fourth-order valence-corrected chi connectivity index (χ4v) is 3.34. The van der Waals surface area contributed by atoms with E-state index in [2.05, 4.69) is 6.58 Å². The second-order valence-corrected chi connectivity index (χ2v) is 5.73. The van der Waals surface area contributed by atoms with Gasteiger partial charge in [-0.25, -0.2) is 0 Å². The Bertz CT molecular complexity index is 469. The molecule has 1 aromatic carbocycles. The van der Waals surface area contributed by atoms with Gasteiger partial charge in [0.25, 0.3) is 0 Å². The van der Waals surface area contributed by atoms with Crippen LogP contribution < -0.4 is 0 Å². The molecule has 114 valence electrons. The van der Waals surface area contributed by atoms with Crippen molar-refractivity contribution in [2.75, 3.05) is 13.2 Å². The fraction of sp³-hybridized carbons (Fsp3) is 0.444. The van der Waals surface area contributed by atoms with Crippen LogP contribution >= 0.6 is 0 Å². The molecule has 1 aromatic rings. The Morgan fingerprint density at radius 3 is 2.29 bits per heavy atom. The summed E-state index contributed by atoms with van der Waals surface area (Å²) >= 11 is 0. The van der Waals surface area contributed by atoms with Gasteiger partial charge in [-0.05, 0) is 35.7 Å². The van der Waals surface area contributed by atoms with Gasteiger partial charge in [-0.1, -0.05) is 48.6 Å². The van der Waals surface area contributed by atoms with Crippen molar-refractivity contribution in [3.05, 3.63) is 60.7 Å². The highest BCUT2D eigenvalue weighted by molar-refractivity contribution is 5.21. The van der Waals surface area contributed by atoms with Crippen molar-refractivity contribution < 1.29 is 15.3 Å². The Labute approximate surface area is 126 Å². The number of hydrogen-bond donors (Lipinski definition) is 3. The predicted molar refractivity (Wildman–Crippen MR) is 83.5 cm³/mol. The van der Waals surface area contributed by atoms with Gasteiger partial charge < -0.3 is 15.3 Å². The van der Waals surface area contributed by atoms with Gasteiger partial charge in [0.1, 0.15) is 0 Å². The number of rotatable bonds is 6. The molecule has 0 radical (unpaired) electrons. The first-order valence-corrected chi connectivity index (χ1v) is 7.46. The molecular weight excluding hydrogens is 264 g/mol. The molecule has 0 saturated heterocycles. The SMILES string of the molecule is C=C[C@@H]1C[C@H](/C=C\[C@@H](O)c2ccccc2)[C@@H](CO)[C@H]1CO. The van der Waals surface area contributed by atoms with Gasteiger partial charge in [0.2, 0.25) is 0 Å². The molecule has 0 aliphatic heterocycles. The predicted octanol–water partition coefficient (Wildman–Crippen LogP) is 2.32. The zero-order valence-corrected chi connectivity index (χ0v) is 12.2. The first-order chi connectivity index (χ1) is 10.2. The maximum atomic E-state index is 10.2. The van der Waals surface area contributed by atoms with Crippen molar-refractivity contribution in [3.8, 4) is 0 Å². The molecule has 5 atom stereocenters. The van der Waals surface area contributed by atoms with Crippen molar-refractivity contribution in [1.82, 2.24) is 0 Å². The van der Waals surface area contributed by atoms with E-state index >= 15 is 0 Å². The highest BCUT2D eigenvalue weighted by Crippen LogP contribution is 2.42. The van der Waals surface area contributed by atoms with Crippen molar-refractivity contribution in [3.63, 3.8) is 0 Å². The lowest BCUT2D eigenvalue weighted by molar-refractivity contribution is 0.117. The second kappa shape index (κ2) is 7.55. The highest BCUT2D eigenvalue weighted by Gasteiger charge is 2.39. The van der Waals surface area contributed by atoms with Crippen LogP contribution in [0.3, 0.4) is 0 Å². The van der Waals surface area contributed by atoms with E-state index in [1.54, 1.807) is 6.08 Å². The van der Waals surface area contributed by atoms with Gasteiger partial charge in [-0.3, -0.25) is 0 Å². The number of benzene rings is 1. The Kier molecular flexibility index (Phi) is 5.74. The van der Waals surface area contributed by atoms with Crippen LogP contribution in [0.15, 0.2) is 55.1 Å². The van der Waals surface area contributed by atoms with Crippen molar-refractivity contribution in [1.29, 1.82) is 0 Å². The lowest BCUT2D eigenvalue weighted by Crippen LogP contribution is -2.23. The minimum Gasteiger partial charge on any atom is -0.396 e. The summed E-state index contributed by atoms with van der Waals surface area (Å²) < 4.78 is 0. The summed E-state index contributed by atoms with van der Waals surface area (Å²) in [5.41, 5.74) is 0.853. The van der Waals surface area contributed by atoms with Crippen molar-refractivity contribution >= 4 is 0 Å². The zero-order valence-electron chi connectivity index (χ0n) is 12.2. The average molecular weight is 288 g/mol. The molecular formula is C18H24O3. The minimum atomic E-state index is -0.638. The lowest BCUT2D eigenvalue weighted by Gasteiger charge is -2.21. The largest absolute Gasteiger partial charge is 0.396 e. The molecule has 0 bridgehead atoms. The van der Waals surface area contributed by atoms with Gasteiger partial charge in [0.15, 0.2) is 0 Å². The molecule has 3 heteroatoms. The van der Waals surface area contributed by atoms with E-state index in [0.717, 1.165) is 12.0 Å². The summed E-state index contributed by atoms with van der Waals surface area (Å²) in [6.07, 6.45) is 5.84. The van der Waals surface area contributed by atoms with Crippen LogP contribution in [0.1, 0.15) is 18.1 Å². The molecule has 0 spiro atoms. The van der Waals surface area contributed by atoms with Gasteiger partial charge in [-0.15, -0.1) is 6.58 Å². The van der Waals surface area contributed by atoms with Crippen LogP contribution in [0.4, 0.5) is 0 Å². The van der Waals surface area contributed by atoms with Crippen molar-refractivity contribution in [2.45, 2.75) is 12.5 Å². The maximum absolute atomic E-state index is 10.2. The number of aliphatic hydroxyl groups excluding tert-OH is 3. The third kappa shape index (κ3) is 3.62. The molecule has 1 aliphatic rings. The second-order valence-electron chi connectivity index (χ2n) is 5.73. The Morgan fingerprint density at radius 1 is 1.10 bits per heavy atom. The number of hydrogen-bond acceptors (Lipinski definition) is 3. The topological polar surface area (TPSA) is 60.7 Å². The molecule has 2 rings (SSSR count). The van der Waals surface area contributed by atoms with Gasteiger partial charge in [-0.2, -0.15) is 0 Å². The smallest absolute Gasteiger partial charge is 0.0971 e. The first-order valence-electron chi connectivity index (χ1n) is 7.46. The van der Waals surface area contributed by atoms with Crippen LogP contribution in [-0.4, -0.2) is 28.5 Å². The Morgan fingerprint density at radius 2 is 1.71 bits per heavy atom. The molecule has 1 aliphatic carbocycles. The first kappa shape index (κ1) is 16.0. The number of aliphatic hydroxyl groups is 3. The summed E-state index contributed by atoms with van der Waals surface area (Å²) in [6, 6.07) is 9.48. The third-order valence-electron chi connectivity index (χ3n) is 4.60. The van der Waals surface area contributed by atoms with Crippen LogP contribution in [0, 0.1) is 23.7 Å². The van der Waals surface area contributed by atoms with E-state index in [4.69, 9.17) is 0 Å². The quantitative estimate of drug-likeness (QED) is 0.704. The van der Waals surface area contributed by atoms with Gasteiger partial charge in [0.05, 0.1) is 6.10 Å². The maximum Gasteiger partial charge on any atom is 0.0971 e. The van der Waals surface area contributed by atoms with Gasteiger partial charge in [0, 0.05) is 13.2 Å². The van der Waals surface area contributed by atoms with Crippen LogP contribution in [-0.2, 0) is 0 Å². The average Bonchev–Trinajstić information content (AvgIpc) is 2.90. The highest BCUT2D eigenvalue weighted by atomic mass is 16.3. The molecule has 1 fully saturated rings. The fourth-order valence-electron chi connectivity index (χ4n) is 3.34. The van der Waals surface area contributed by atoms with E-state index in [0.29, 0.717) is 0 Å².